The first-order valence-corrected chi connectivity index (χ1v) is 9.51. The molecule has 29 heavy (non-hydrogen) atoms. The van der Waals surface area contributed by atoms with Gasteiger partial charge in [-0.15, -0.1) is 0 Å². The number of fused-ring (bicyclic) bond motifs is 1. The summed E-state index contributed by atoms with van der Waals surface area (Å²) in [6.07, 6.45) is 0.193. The molecule has 1 heterocycles. The summed E-state index contributed by atoms with van der Waals surface area (Å²) in [7, 11) is 0. The normalized spacial score (nSPS) is 15.7. The van der Waals surface area contributed by atoms with Gasteiger partial charge in [0.2, 0.25) is 11.8 Å². The number of carbonyl (C=O) groups is 3. The van der Waals surface area contributed by atoms with Gasteiger partial charge in [-0.1, -0.05) is 60.7 Å². The van der Waals surface area contributed by atoms with Crippen molar-refractivity contribution in [1.29, 1.82) is 0 Å². The van der Waals surface area contributed by atoms with E-state index in [1.165, 1.54) is 0 Å². The fourth-order valence-corrected chi connectivity index (χ4v) is 3.48. The lowest BCUT2D eigenvalue weighted by molar-refractivity contribution is -0.131. The van der Waals surface area contributed by atoms with Crippen molar-refractivity contribution in [1.82, 2.24) is 10.6 Å². The number of nitrogens with one attached hydrogen (secondary N) is 2. The molecular weight excluding hydrogens is 366 g/mol. The van der Waals surface area contributed by atoms with Gasteiger partial charge in [0.15, 0.2) is 0 Å². The topological polar surface area (TPSA) is 78.5 Å². The molecule has 1 aliphatic rings. The molecule has 3 aromatic rings. The number of rotatable bonds is 6. The average Bonchev–Trinajstić information content (AvgIpc) is 2.75. The predicted octanol–water partition coefficient (Wildman–Crippen LogP) is 2.03. The molecule has 2 N–H and O–H groups in total. The van der Waals surface area contributed by atoms with Crippen LogP contribution in [-0.2, 0) is 20.8 Å². The molecule has 1 atom stereocenters. The summed E-state index contributed by atoms with van der Waals surface area (Å²) in [5, 5.41) is 7.40. The molecule has 0 radical (unpaired) electrons. The molecule has 0 spiro atoms. The lowest BCUT2D eigenvalue weighted by Gasteiger charge is -2.38. The van der Waals surface area contributed by atoms with Crippen molar-refractivity contribution in [2.24, 2.45) is 0 Å². The maximum atomic E-state index is 12.3. The van der Waals surface area contributed by atoms with Gasteiger partial charge in [-0.05, 0) is 28.5 Å². The molecule has 6 heteroatoms. The van der Waals surface area contributed by atoms with E-state index in [9.17, 15) is 14.4 Å². The van der Waals surface area contributed by atoms with E-state index in [1.54, 1.807) is 4.90 Å². The Bertz CT molecular complexity index is 1060. The predicted molar refractivity (Wildman–Crippen MR) is 111 cm³/mol. The molecule has 1 fully saturated rings. The monoisotopic (exact) mass is 387 g/mol. The van der Waals surface area contributed by atoms with Crippen molar-refractivity contribution < 1.29 is 14.4 Å². The molecular formula is C23H21N3O3. The summed E-state index contributed by atoms with van der Waals surface area (Å²) < 4.78 is 0. The van der Waals surface area contributed by atoms with Crippen LogP contribution in [0.25, 0.3) is 10.8 Å². The van der Waals surface area contributed by atoms with E-state index in [2.05, 4.69) is 10.6 Å². The number of anilines is 1. The lowest BCUT2D eigenvalue weighted by Crippen LogP contribution is -2.65. The summed E-state index contributed by atoms with van der Waals surface area (Å²) in [4.78, 5) is 38.2. The van der Waals surface area contributed by atoms with E-state index >= 15 is 0 Å². The van der Waals surface area contributed by atoms with Crippen molar-refractivity contribution in [2.45, 2.75) is 12.5 Å². The highest BCUT2D eigenvalue weighted by Gasteiger charge is 2.38. The van der Waals surface area contributed by atoms with Gasteiger partial charge in [-0.25, -0.2) is 0 Å². The summed E-state index contributed by atoms with van der Waals surface area (Å²) in [5.41, 5.74) is 1.72. The zero-order chi connectivity index (χ0) is 20.2. The van der Waals surface area contributed by atoms with Crippen LogP contribution < -0.4 is 15.5 Å². The molecule has 146 valence electrons. The maximum Gasteiger partial charge on any atom is 0.251 e. The molecule has 4 rings (SSSR count). The van der Waals surface area contributed by atoms with Crippen LogP contribution in [0.5, 0.6) is 0 Å². The van der Waals surface area contributed by atoms with Crippen LogP contribution in [-0.4, -0.2) is 36.9 Å². The quantitative estimate of drug-likeness (QED) is 0.636. The van der Waals surface area contributed by atoms with E-state index in [0.29, 0.717) is 6.54 Å². The minimum atomic E-state index is -0.544. The average molecular weight is 387 g/mol. The molecule has 1 saturated heterocycles. The van der Waals surface area contributed by atoms with Crippen molar-refractivity contribution in [3.05, 3.63) is 78.4 Å². The molecule has 0 unspecified atom stereocenters. The lowest BCUT2D eigenvalue weighted by atomic mass is 10.0. The molecule has 3 aromatic carbocycles. The van der Waals surface area contributed by atoms with Gasteiger partial charge < -0.3 is 15.5 Å². The van der Waals surface area contributed by atoms with Crippen molar-refractivity contribution in [3.63, 3.8) is 0 Å². The number of nitrogens with zero attached hydrogens (tertiary/aromatic N) is 1. The highest BCUT2D eigenvalue weighted by molar-refractivity contribution is 6.06. The third kappa shape index (κ3) is 4.11. The largest absolute Gasteiger partial charge is 0.347 e. The molecule has 6 nitrogen and oxygen atoms in total. The van der Waals surface area contributed by atoms with E-state index in [-0.39, 0.29) is 30.7 Å². The Hall–Kier alpha value is -3.67. The van der Waals surface area contributed by atoms with Crippen LogP contribution in [0, 0.1) is 0 Å². The summed E-state index contributed by atoms with van der Waals surface area (Å²) in [5.74, 6) is -0.753. The van der Waals surface area contributed by atoms with Crippen LogP contribution in [0.4, 0.5) is 5.69 Å². The van der Waals surface area contributed by atoms with E-state index in [0.717, 1.165) is 22.0 Å². The smallest absolute Gasteiger partial charge is 0.251 e. The SMILES string of the molecule is O=C(Cc1cccc2ccccc12)NCC(=O)N[C@@H]1CN(c2ccccc2)C1=O. The van der Waals surface area contributed by atoms with Gasteiger partial charge in [-0.2, -0.15) is 0 Å². The maximum absolute atomic E-state index is 12.3. The first kappa shape index (κ1) is 18.7. The number of hydrogen-bond acceptors (Lipinski definition) is 3. The standard InChI is InChI=1S/C23H21N3O3/c27-21(13-17-9-6-8-16-7-4-5-12-19(16)17)24-14-22(28)25-20-15-26(23(20)29)18-10-2-1-3-11-18/h1-12,20H,13-15H2,(H,24,27)(H,25,28)/t20-/m1/s1. The molecule has 0 aromatic heterocycles. The van der Waals surface area contributed by atoms with Crippen LogP contribution in [0.3, 0.4) is 0 Å². The number of benzene rings is 3. The van der Waals surface area contributed by atoms with Crippen LogP contribution >= 0.6 is 0 Å². The summed E-state index contributed by atoms with van der Waals surface area (Å²) in [6.45, 7) is 0.275. The van der Waals surface area contributed by atoms with E-state index in [4.69, 9.17) is 0 Å². The highest BCUT2D eigenvalue weighted by atomic mass is 16.2. The molecule has 3 amide bonds. The van der Waals surface area contributed by atoms with Gasteiger partial charge in [-0.3, -0.25) is 14.4 Å². The third-order valence-corrected chi connectivity index (χ3v) is 5.01. The Kier molecular flexibility index (Phi) is 5.24. The third-order valence-electron chi connectivity index (χ3n) is 5.01. The van der Waals surface area contributed by atoms with Crippen molar-refractivity contribution in [3.8, 4) is 0 Å². The van der Waals surface area contributed by atoms with E-state index in [1.807, 2.05) is 72.8 Å². The Morgan fingerprint density at radius 1 is 0.897 bits per heavy atom. The molecule has 0 aliphatic carbocycles. The van der Waals surface area contributed by atoms with Crippen LogP contribution in [0.15, 0.2) is 72.8 Å². The van der Waals surface area contributed by atoms with Gasteiger partial charge in [0.05, 0.1) is 19.5 Å². The second kappa shape index (κ2) is 8.14. The first-order valence-electron chi connectivity index (χ1n) is 9.51. The molecule has 0 saturated carbocycles. The number of para-hydroxylation sites is 1. The minimum absolute atomic E-state index is 0.147. The number of β-lactam (4-membered cyclic amide) rings is 1. The number of amides is 3. The van der Waals surface area contributed by atoms with Gasteiger partial charge in [0.1, 0.15) is 6.04 Å². The van der Waals surface area contributed by atoms with Crippen LogP contribution in [0.1, 0.15) is 5.56 Å². The fourth-order valence-electron chi connectivity index (χ4n) is 3.48. The van der Waals surface area contributed by atoms with Gasteiger partial charge >= 0.3 is 0 Å². The van der Waals surface area contributed by atoms with Gasteiger partial charge in [0.25, 0.3) is 5.91 Å². The zero-order valence-corrected chi connectivity index (χ0v) is 15.8. The first-order chi connectivity index (χ1) is 14.1. The second-order valence-corrected chi connectivity index (χ2v) is 7.00. The summed E-state index contributed by atoms with van der Waals surface area (Å²) in [6, 6.07) is 22.5. The summed E-state index contributed by atoms with van der Waals surface area (Å²) >= 11 is 0. The molecule has 1 aliphatic heterocycles. The highest BCUT2D eigenvalue weighted by Crippen LogP contribution is 2.21. The van der Waals surface area contributed by atoms with Crippen LogP contribution in [0.2, 0.25) is 0 Å². The Labute approximate surface area is 168 Å². The Balaban J connectivity index is 1.26. The van der Waals surface area contributed by atoms with Gasteiger partial charge in [0, 0.05) is 5.69 Å². The zero-order valence-electron chi connectivity index (χ0n) is 15.8. The minimum Gasteiger partial charge on any atom is -0.347 e. The van der Waals surface area contributed by atoms with Crippen molar-refractivity contribution >= 4 is 34.2 Å². The Morgan fingerprint density at radius 2 is 1.62 bits per heavy atom. The fraction of sp³-hybridized carbons (Fsp3) is 0.174. The molecule has 0 bridgehead atoms. The van der Waals surface area contributed by atoms with Crippen molar-refractivity contribution in [2.75, 3.05) is 18.0 Å². The Morgan fingerprint density at radius 3 is 2.41 bits per heavy atom. The van der Waals surface area contributed by atoms with E-state index < -0.39 is 6.04 Å². The second-order valence-electron chi connectivity index (χ2n) is 7.00. The number of hydrogen-bond donors (Lipinski definition) is 2. The number of carbonyl (C=O) groups excluding carboxylic acids is 3.